The van der Waals surface area contributed by atoms with Crippen LogP contribution < -0.4 is 5.32 Å². The van der Waals surface area contributed by atoms with Crippen molar-refractivity contribution in [2.24, 2.45) is 0 Å². The van der Waals surface area contributed by atoms with Gasteiger partial charge in [0.25, 0.3) is 5.91 Å². The number of halogens is 2. The summed E-state index contributed by atoms with van der Waals surface area (Å²) in [6.07, 6.45) is 0. The second-order valence-electron chi connectivity index (χ2n) is 3.69. The molecule has 0 saturated carbocycles. The fourth-order valence-electron chi connectivity index (χ4n) is 1.50. The minimum Gasteiger partial charge on any atom is -0.349 e. The first-order chi connectivity index (χ1) is 8.68. The number of rotatable bonds is 4. The SMILES string of the molecule is O=C(NCC(Cl)c1ccccc1)c1sccc1Br. The third-order valence-electron chi connectivity index (χ3n) is 2.43. The minimum atomic E-state index is -0.214. The van der Waals surface area contributed by atoms with Gasteiger partial charge in [-0.05, 0) is 32.9 Å². The smallest absolute Gasteiger partial charge is 0.262 e. The van der Waals surface area contributed by atoms with Gasteiger partial charge in [0.05, 0.1) is 5.38 Å². The molecule has 1 atom stereocenters. The van der Waals surface area contributed by atoms with Crippen molar-refractivity contribution in [3.8, 4) is 0 Å². The molecule has 0 aliphatic carbocycles. The van der Waals surface area contributed by atoms with E-state index in [2.05, 4.69) is 21.2 Å². The van der Waals surface area contributed by atoms with Gasteiger partial charge in [-0.2, -0.15) is 0 Å². The molecule has 0 bridgehead atoms. The molecule has 2 rings (SSSR count). The Labute approximate surface area is 123 Å². The molecule has 2 nitrogen and oxygen atoms in total. The van der Waals surface area contributed by atoms with E-state index in [0.29, 0.717) is 11.4 Å². The van der Waals surface area contributed by atoms with Crippen LogP contribution in [0.3, 0.4) is 0 Å². The molecule has 0 radical (unpaired) electrons. The van der Waals surface area contributed by atoms with Crippen molar-refractivity contribution in [2.45, 2.75) is 5.38 Å². The molecule has 1 unspecified atom stereocenters. The average molecular weight is 345 g/mol. The summed E-state index contributed by atoms with van der Waals surface area (Å²) in [5.74, 6) is -0.0987. The van der Waals surface area contributed by atoms with Crippen molar-refractivity contribution in [1.29, 1.82) is 0 Å². The first-order valence-electron chi connectivity index (χ1n) is 5.38. The maximum atomic E-state index is 11.9. The minimum absolute atomic E-state index is 0.0987. The molecule has 2 aromatic rings. The van der Waals surface area contributed by atoms with Gasteiger partial charge in [0, 0.05) is 11.0 Å². The number of carbonyl (C=O) groups excluding carboxylic acids is 1. The Kier molecular flexibility index (Phi) is 4.80. The number of amides is 1. The Hall–Kier alpha value is -0.840. The fourth-order valence-corrected chi connectivity index (χ4v) is 3.19. The lowest BCUT2D eigenvalue weighted by molar-refractivity contribution is 0.0957. The number of benzene rings is 1. The molecule has 0 aliphatic rings. The monoisotopic (exact) mass is 343 g/mol. The van der Waals surface area contributed by atoms with Gasteiger partial charge in [0.2, 0.25) is 0 Å². The van der Waals surface area contributed by atoms with Crippen molar-refractivity contribution in [2.75, 3.05) is 6.54 Å². The highest BCUT2D eigenvalue weighted by Crippen LogP contribution is 2.23. The van der Waals surface area contributed by atoms with Gasteiger partial charge in [-0.25, -0.2) is 0 Å². The first kappa shape index (κ1) is 13.6. The van der Waals surface area contributed by atoms with Crippen LogP contribution in [0.2, 0.25) is 0 Å². The highest BCUT2D eigenvalue weighted by molar-refractivity contribution is 9.10. The van der Waals surface area contributed by atoms with Crippen LogP contribution in [0.1, 0.15) is 20.6 Å². The van der Waals surface area contributed by atoms with Crippen LogP contribution >= 0.6 is 38.9 Å². The van der Waals surface area contributed by atoms with E-state index < -0.39 is 0 Å². The number of nitrogens with one attached hydrogen (secondary N) is 1. The Morgan fingerprint density at radius 3 is 2.67 bits per heavy atom. The quantitative estimate of drug-likeness (QED) is 0.827. The molecule has 1 aromatic carbocycles. The van der Waals surface area contributed by atoms with Crippen molar-refractivity contribution in [1.82, 2.24) is 5.32 Å². The van der Waals surface area contributed by atoms with Crippen molar-refractivity contribution in [3.63, 3.8) is 0 Å². The van der Waals surface area contributed by atoms with E-state index in [1.165, 1.54) is 11.3 Å². The summed E-state index contributed by atoms with van der Waals surface area (Å²) in [4.78, 5) is 12.5. The number of carbonyl (C=O) groups is 1. The van der Waals surface area contributed by atoms with E-state index in [1.807, 2.05) is 41.8 Å². The second-order valence-corrected chi connectivity index (χ2v) is 5.98. The molecule has 0 fully saturated rings. The van der Waals surface area contributed by atoms with Crippen molar-refractivity contribution < 1.29 is 4.79 Å². The van der Waals surface area contributed by atoms with Gasteiger partial charge in [-0.3, -0.25) is 4.79 Å². The van der Waals surface area contributed by atoms with Crippen LogP contribution in [0.15, 0.2) is 46.3 Å². The van der Waals surface area contributed by atoms with Crippen LogP contribution in [0.5, 0.6) is 0 Å². The van der Waals surface area contributed by atoms with E-state index in [4.69, 9.17) is 11.6 Å². The van der Waals surface area contributed by atoms with E-state index in [-0.39, 0.29) is 11.3 Å². The fraction of sp³-hybridized carbons (Fsp3) is 0.154. The zero-order valence-corrected chi connectivity index (χ0v) is 12.6. The lowest BCUT2D eigenvalue weighted by atomic mass is 10.1. The Morgan fingerprint density at radius 2 is 2.06 bits per heavy atom. The molecule has 0 aliphatic heterocycles. The predicted octanol–water partition coefficient (Wildman–Crippen LogP) is 4.22. The molecular weight excluding hydrogens is 334 g/mol. The van der Waals surface area contributed by atoms with Crippen LogP contribution in [-0.2, 0) is 0 Å². The summed E-state index contributed by atoms with van der Waals surface area (Å²) in [6, 6.07) is 11.6. The van der Waals surface area contributed by atoms with Gasteiger partial charge >= 0.3 is 0 Å². The standard InChI is InChI=1S/C13H11BrClNOS/c14-10-6-7-18-12(10)13(17)16-8-11(15)9-4-2-1-3-5-9/h1-7,11H,8H2,(H,16,17). The summed E-state index contributed by atoms with van der Waals surface area (Å²) in [6.45, 7) is 0.411. The largest absolute Gasteiger partial charge is 0.349 e. The summed E-state index contributed by atoms with van der Waals surface area (Å²) in [5.41, 5.74) is 1.00. The molecule has 1 aromatic heterocycles. The van der Waals surface area contributed by atoms with Crippen LogP contribution in [0.25, 0.3) is 0 Å². The summed E-state index contributed by atoms with van der Waals surface area (Å²) in [7, 11) is 0. The van der Waals surface area contributed by atoms with Gasteiger partial charge in [-0.1, -0.05) is 30.3 Å². The van der Waals surface area contributed by atoms with E-state index >= 15 is 0 Å². The highest BCUT2D eigenvalue weighted by atomic mass is 79.9. The highest BCUT2D eigenvalue weighted by Gasteiger charge is 2.13. The lowest BCUT2D eigenvalue weighted by Gasteiger charge is -2.10. The Bertz CT molecular complexity index is 529. The second kappa shape index (κ2) is 6.36. The molecular formula is C13H11BrClNOS. The van der Waals surface area contributed by atoms with Gasteiger partial charge in [-0.15, -0.1) is 22.9 Å². The molecule has 18 heavy (non-hydrogen) atoms. The summed E-state index contributed by atoms with van der Waals surface area (Å²) < 4.78 is 0.816. The van der Waals surface area contributed by atoms with Gasteiger partial charge in [0.15, 0.2) is 0 Å². The molecule has 0 saturated heterocycles. The van der Waals surface area contributed by atoms with E-state index in [9.17, 15) is 4.79 Å². The van der Waals surface area contributed by atoms with Gasteiger partial charge in [0.1, 0.15) is 4.88 Å². The zero-order valence-electron chi connectivity index (χ0n) is 9.40. The molecule has 1 amide bonds. The molecule has 94 valence electrons. The third kappa shape index (κ3) is 3.34. The van der Waals surface area contributed by atoms with E-state index in [1.54, 1.807) is 0 Å². The number of thiophene rings is 1. The summed E-state index contributed by atoms with van der Waals surface area (Å²) >= 11 is 11.0. The zero-order chi connectivity index (χ0) is 13.0. The molecule has 5 heteroatoms. The maximum absolute atomic E-state index is 11.9. The normalized spacial score (nSPS) is 12.1. The molecule has 0 spiro atoms. The number of hydrogen-bond donors (Lipinski definition) is 1. The molecule has 1 heterocycles. The van der Waals surface area contributed by atoms with Crippen molar-refractivity contribution >= 4 is 44.8 Å². The van der Waals surface area contributed by atoms with E-state index in [0.717, 1.165) is 10.0 Å². The maximum Gasteiger partial charge on any atom is 0.262 e. The summed E-state index contributed by atoms with van der Waals surface area (Å²) in [5, 5.41) is 4.49. The average Bonchev–Trinajstić information content (AvgIpc) is 2.83. The van der Waals surface area contributed by atoms with Crippen LogP contribution in [0, 0.1) is 0 Å². The third-order valence-corrected chi connectivity index (χ3v) is 4.67. The lowest BCUT2D eigenvalue weighted by Crippen LogP contribution is -2.26. The van der Waals surface area contributed by atoms with Gasteiger partial charge < -0.3 is 5.32 Å². The number of hydrogen-bond acceptors (Lipinski definition) is 2. The van der Waals surface area contributed by atoms with Crippen molar-refractivity contribution in [3.05, 3.63) is 56.7 Å². The van der Waals surface area contributed by atoms with Crippen LogP contribution in [-0.4, -0.2) is 12.5 Å². The first-order valence-corrected chi connectivity index (χ1v) is 7.49. The molecule has 1 N–H and O–H groups in total. The number of alkyl halides is 1. The van der Waals surface area contributed by atoms with Crippen LogP contribution in [0.4, 0.5) is 0 Å². The Morgan fingerprint density at radius 1 is 1.33 bits per heavy atom. The Balaban J connectivity index is 1.93. The predicted molar refractivity (Wildman–Crippen MR) is 79.4 cm³/mol. The topological polar surface area (TPSA) is 29.1 Å².